The number of hydrogen-bond donors (Lipinski definition) is 3. The molecule has 0 aliphatic carbocycles. The number of likely N-dealkylation sites (N-methyl/N-ethyl adjacent to an activating group) is 1. The van der Waals surface area contributed by atoms with E-state index < -0.39 is 35.6 Å². The lowest BCUT2D eigenvalue weighted by atomic mass is 10.0. The van der Waals surface area contributed by atoms with Crippen LogP contribution >= 0.6 is 0 Å². The van der Waals surface area contributed by atoms with E-state index in [1.807, 2.05) is 13.8 Å². The number of benzene rings is 2. The average molecular weight is 543 g/mol. The standard InChI is InChI=1S/C28H35FN4O6/c1-18(2)16-23-28(37)33(3)13-15-39-24-7-5-4-6-21(24)26(35)32-22(17-25(34)31-23)27(36)30-12-14-38-20-10-8-19(29)9-11-20/h4-11,18,22-23H,12-17H2,1-3H3,(H,30,36)(H,31,34)(H,32,35)/t22-,23-/m0/s1. The highest BCUT2D eigenvalue weighted by molar-refractivity contribution is 6.01. The van der Waals surface area contributed by atoms with Gasteiger partial charge in [0.15, 0.2) is 0 Å². The Hall–Kier alpha value is -4.15. The minimum Gasteiger partial charge on any atom is -0.492 e. The van der Waals surface area contributed by atoms with Crippen LogP contribution in [0.1, 0.15) is 37.0 Å². The molecular weight excluding hydrogens is 507 g/mol. The lowest BCUT2D eigenvalue weighted by Gasteiger charge is -2.27. The van der Waals surface area contributed by atoms with Crippen LogP contribution in [0.5, 0.6) is 11.5 Å². The maximum absolute atomic E-state index is 13.1. The molecule has 2 aromatic carbocycles. The zero-order valence-electron chi connectivity index (χ0n) is 22.4. The molecule has 11 heteroatoms. The highest BCUT2D eigenvalue weighted by Crippen LogP contribution is 2.19. The lowest BCUT2D eigenvalue weighted by molar-refractivity contribution is -0.136. The zero-order valence-corrected chi connectivity index (χ0v) is 22.4. The molecule has 1 heterocycles. The van der Waals surface area contributed by atoms with Crippen molar-refractivity contribution in [2.75, 3.05) is 33.4 Å². The Morgan fingerprint density at radius 1 is 1.13 bits per heavy atom. The van der Waals surface area contributed by atoms with Crippen molar-refractivity contribution in [3.05, 3.63) is 59.9 Å². The molecule has 0 radical (unpaired) electrons. The molecule has 0 bridgehead atoms. The summed E-state index contributed by atoms with van der Waals surface area (Å²) in [6.45, 7) is 4.42. The molecule has 4 amide bonds. The highest BCUT2D eigenvalue weighted by atomic mass is 19.1. The van der Waals surface area contributed by atoms with Gasteiger partial charge in [-0.15, -0.1) is 0 Å². The van der Waals surface area contributed by atoms with E-state index in [0.717, 1.165) is 0 Å². The van der Waals surface area contributed by atoms with Gasteiger partial charge in [-0.05, 0) is 48.7 Å². The van der Waals surface area contributed by atoms with Gasteiger partial charge in [-0.3, -0.25) is 19.2 Å². The number of carbonyl (C=O) groups is 4. The summed E-state index contributed by atoms with van der Waals surface area (Å²) in [6, 6.07) is 9.97. The van der Waals surface area contributed by atoms with Gasteiger partial charge >= 0.3 is 0 Å². The van der Waals surface area contributed by atoms with Crippen LogP contribution in [0.15, 0.2) is 48.5 Å². The van der Waals surface area contributed by atoms with Gasteiger partial charge in [0.2, 0.25) is 17.7 Å². The summed E-state index contributed by atoms with van der Waals surface area (Å²) in [5.41, 5.74) is 0.194. The van der Waals surface area contributed by atoms with E-state index in [1.54, 1.807) is 31.3 Å². The number of rotatable bonds is 7. The largest absolute Gasteiger partial charge is 0.492 e. The second-order valence-corrected chi connectivity index (χ2v) is 9.68. The number of hydrogen-bond acceptors (Lipinski definition) is 6. The quantitative estimate of drug-likeness (QED) is 0.459. The molecule has 0 spiro atoms. The van der Waals surface area contributed by atoms with Gasteiger partial charge in [-0.1, -0.05) is 26.0 Å². The van der Waals surface area contributed by atoms with Crippen LogP contribution in [0.3, 0.4) is 0 Å². The minimum atomic E-state index is -1.23. The second kappa shape index (κ2) is 14.1. The second-order valence-electron chi connectivity index (χ2n) is 9.68. The summed E-state index contributed by atoms with van der Waals surface area (Å²) in [5, 5.41) is 8.02. The Morgan fingerprint density at radius 3 is 2.56 bits per heavy atom. The maximum Gasteiger partial charge on any atom is 0.255 e. The van der Waals surface area contributed by atoms with Crippen molar-refractivity contribution in [2.24, 2.45) is 5.92 Å². The van der Waals surface area contributed by atoms with Gasteiger partial charge in [0.25, 0.3) is 5.91 Å². The normalized spacial score (nSPS) is 18.8. The molecule has 0 saturated heterocycles. The molecule has 39 heavy (non-hydrogen) atoms. The summed E-state index contributed by atoms with van der Waals surface area (Å²) < 4.78 is 24.4. The van der Waals surface area contributed by atoms with Crippen LogP contribution in [0.2, 0.25) is 0 Å². The molecule has 0 unspecified atom stereocenters. The molecular formula is C28H35FN4O6. The van der Waals surface area contributed by atoms with Crippen molar-refractivity contribution in [1.29, 1.82) is 0 Å². The van der Waals surface area contributed by atoms with Crippen molar-refractivity contribution in [3.8, 4) is 11.5 Å². The maximum atomic E-state index is 13.1. The van der Waals surface area contributed by atoms with Gasteiger partial charge < -0.3 is 30.3 Å². The number of ether oxygens (including phenoxy) is 2. The van der Waals surface area contributed by atoms with E-state index in [9.17, 15) is 23.6 Å². The van der Waals surface area contributed by atoms with Crippen molar-refractivity contribution < 1.29 is 33.0 Å². The molecule has 1 aliphatic heterocycles. The van der Waals surface area contributed by atoms with Crippen LogP contribution in [-0.2, 0) is 14.4 Å². The van der Waals surface area contributed by atoms with E-state index in [0.29, 0.717) is 17.9 Å². The number of fused-ring (bicyclic) bond motifs is 1. The summed E-state index contributed by atoms with van der Waals surface area (Å²) in [6.07, 6.45) is 0.0214. The van der Waals surface area contributed by atoms with E-state index in [4.69, 9.17) is 9.47 Å². The third kappa shape index (κ3) is 8.98. The lowest BCUT2D eigenvalue weighted by Crippen LogP contribution is -2.53. The van der Waals surface area contributed by atoms with Crippen LogP contribution in [0.25, 0.3) is 0 Å². The fraction of sp³-hybridized carbons (Fsp3) is 0.429. The molecule has 10 nitrogen and oxygen atoms in total. The SMILES string of the molecule is CC(C)C[C@@H]1NC(=O)C[C@@H](C(=O)NCCOc2ccc(F)cc2)NC(=O)c2ccccc2OCCN(C)C1=O. The molecule has 0 fully saturated rings. The van der Waals surface area contributed by atoms with Crippen molar-refractivity contribution in [3.63, 3.8) is 0 Å². The van der Waals surface area contributed by atoms with Crippen LogP contribution in [0, 0.1) is 11.7 Å². The summed E-state index contributed by atoms with van der Waals surface area (Å²) in [7, 11) is 1.62. The first kappa shape index (κ1) is 29.4. The predicted molar refractivity (Wildman–Crippen MR) is 142 cm³/mol. The van der Waals surface area contributed by atoms with Gasteiger partial charge in [-0.2, -0.15) is 0 Å². The van der Waals surface area contributed by atoms with Crippen LogP contribution < -0.4 is 25.4 Å². The average Bonchev–Trinajstić information content (AvgIpc) is 2.90. The van der Waals surface area contributed by atoms with E-state index in [2.05, 4.69) is 16.0 Å². The van der Waals surface area contributed by atoms with Gasteiger partial charge in [0.1, 0.15) is 42.6 Å². The van der Waals surface area contributed by atoms with E-state index in [-0.39, 0.29) is 50.1 Å². The number of nitrogens with zero attached hydrogens (tertiary/aromatic N) is 1. The Bertz CT molecular complexity index is 1160. The molecule has 1 aliphatic rings. The molecule has 3 N–H and O–H groups in total. The van der Waals surface area contributed by atoms with Gasteiger partial charge in [0, 0.05) is 7.05 Å². The van der Waals surface area contributed by atoms with E-state index in [1.165, 1.54) is 29.2 Å². The third-order valence-corrected chi connectivity index (χ3v) is 6.03. The summed E-state index contributed by atoms with van der Waals surface area (Å²) in [4.78, 5) is 53.8. The number of para-hydroxylation sites is 1. The van der Waals surface area contributed by atoms with Crippen molar-refractivity contribution in [2.45, 2.75) is 38.8 Å². The predicted octanol–water partition coefficient (Wildman–Crippen LogP) is 1.89. The molecule has 0 saturated carbocycles. The molecule has 3 rings (SSSR count). The minimum absolute atomic E-state index is 0.0726. The Morgan fingerprint density at radius 2 is 1.85 bits per heavy atom. The van der Waals surface area contributed by atoms with E-state index >= 15 is 0 Å². The Kier molecular flexibility index (Phi) is 10.7. The van der Waals surface area contributed by atoms with Crippen molar-refractivity contribution >= 4 is 23.6 Å². The fourth-order valence-electron chi connectivity index (χ4n) is 4.02. The topological polar surface area (TPSA) is 126 Å². The Labute approximate surface area is 227 Å². The van der Waals surface area contributed by atoms with Gasteiger partial charge in [-0.25, -0.2) is 4.39 Å². The third-order valence-electron chi connectivity index (χ3n) is 6.03. The number of halogens is 1. The first-order valence-corrected chi connectivity index (χ1v) is 12.9. The zero-order chi connectivity index (χ0) is 28.4. The molecule has 210 valence electrons. The molecule has 0 aromatic heterocycles. The molecule has 2 atom stereocenters. The fourth-order valence-corrected chi connectivity index (χ4v) is 4.02. The number of nitrogens with one attached hydrogen (secondary N) is 3. The molecule has 2 aromatic rings. The number of carbonyl (C=O) groups excluding carboxylic acids is 4. The Balaban J connectivity index is 1.76. The highest BCUT2D eigenvalue weighted by Gasteiger charge is 2.30. The first-order chi connectivity index (χ1) is 18.6. The summed E-state index contributed by atoms with van der Waals surface area (Å²) in [5.74, 6) is -1.55. The number of amides is 4. The van der Waals surface area contributed by atoms with Gasteiger partial charge in [0.05, 0.1) is 25.1 Å². The monoisotopic (exact) mass is 542 g/mol. The van der Waals surface area contributed by atoms with Crippen molar-refractivity contribution in [1.82, 2.24) is 20.9 Å². The summed E-state index contributed by atoms with van der Waals surface area (Å²) >= 11 is 0. The van der Waals surface area contributed by atoms with Crippen LogP contribution in [-0.4, -0.2) is 74.0 Å². The smallest absolute Gasteiger partial charge is 0.255 e. The van der Waals surface area contributed by atoms with Crippen LogP contribution in [0.4, 0.5) is 4.39 Å². The first-order valence-electron chi connectivity index (χ1n) is 12.9.